The fourth-order valence-corrected chi connectivity index (χ4v) is 2.18. The van der Waals surface area contributed by atoms with E-state index in [9.17, 15) is 10.1 Å². The maximum atomic E-state index is 12.2. The van der Waals surface area contributed by atoms with Gasteiger partial charge in [0.15, 0.2) is 0 Å². The lowest BCUT2D eigenvalue weighted by Crippen LogP contribution is -2.15. The Bertz CT molecular complexity index is 826. The minimum absolute atomic E-state index is 0.0956. The number of benzene rings is 2. The average Bonchev–Trinajstić information content (AvgIpc) is 2.59. The molecule has 0 aliphatic rings. The van der Waals surface area contributed by atoms with Crippen LogP contribution in [0.4, 0.5) is 17.1 Å². The zero-order chi connectivity index (χ0) is 18.2. The Labute approximate surface area is 150 Å². The van der Waals surface area contributed by atoms with Crippen LogP contribution in [-0.2, 0) is 4.79 Å². The summed E-state index contributed by atoms with van der Waals surface area (Å²) in [5, 5.41) is 15.0. The summed E-state index contributed by atoms with van der Waals surface area (Å²) in [6.07, 6.45) is 1.33. The molecule has 0 heterocycles. The number of nitrogen functional groups attached to an aromatic ring is 1. The molecule has 6 nitrogen and oxygen atoms in total. The fourth-order valence-electron chi connectivity index (χ4n) is 1.94. The highest BCUT2D eigenvalue weighted by molar-refractivity contribution is 6.34. The van der Waals surface area contributed by atoms with Crippen LogP contribution in [0.2, 0.25) is 5.02 Å². The summed E-state index contributed by atoms with van der Waals surface area (Å²) in [6, 6.07) is 13.7. The van der Waals surface area contributed by atoms with Crippen molar-refractivity contribution in [2.24, 2.45) is 0 Å². The number of halogens is 1. The van der Waals surface area contributed by atoms with Gasteiger partial charge in [-0.15, -0.1) is 0 Å². The van der Waals surface area contributed by atoms with E-state index >= 15 is 0 Å². The summed E-state index contributed by atoms with van der Waals surface area (Å²) < 4.78 is 5.35. The van der Waals surface area contributed by atoms with Crippen LogP contribution in [0.1, 0.15) is 6.92 Å². The van der Waals surface area contributed by atoms with E-state index < -0.39 is 5.91 Å². The van der Waals surface area contributed by atoms with E-state index in [1.54, 1.807) is 36.4 Å². The van der Waals surface area contributed by atoms with Crippen LogP contribution in [0.25, 0.3) is 0 Å². The molecule has 2 aromatic carbocycles. The van der Waals surface area contributed by atoms with Crippen molar-refractivity contribution in [2.75, 3.05) is 23.0 Å². The van der Waals surface area contributed by atoms with Crippen molar-refractivity contribution < 1.29 is 9.53 Å². The topological polar surface area (TPSA) is 100 Å². The van der Waals surface area contributed by atoms with Crippen molar-refractivity contribution in [3.05, 3.63) is 59.3 Å². The number of hydrogen-bond donors (Lipinski definition) is 3. The Morgan fingerprint density at radius 2 is 2.04 bits per heavy atom. The molecule has 0 spiro atoms. The molecule has 128 valence electrons. The molecule has 0 saturated carbocycles. The summed E-state index contributed by atoms with van der Waals surface area (Å²) in [4.78, 5) is 12.2. The molecule has 0 aliphatic carbocycles. The second kappa shape index (κ2) is 8.62. The van der Waals surface area contributed by atoms with Gasteiger partial charge in [0.1, 0.15) is 17.4 Å². The summed E-state index contributed by atoms with van der Waals surface area (Å²) in [6.45, 7) is 2.49. The van der Waals surface area contributed by atoms with Gasteiger partial charge in [0.2, 0.25) is 0 Å². The highest BCUT2D eigenvalue weighted by atomic mass is 35.5. The minimum atomic E-state index is -0.576. The third kappa shape index (κ3) is 5.16. The number of nitrogens with zero attached hydrogens (tertiary/aromatic N) is 1. The normalized spacial score (nSPS) is 10.7. The lowest BCUT2D eigenvalue weighted by Gasteiger charge is -2.08. The van der Waals surface area contributed by atoms with Crippen LogP contribution in [-0.4, -0.2) is 12.5 Å². The molecule has 25 heavy (non-hydrogen) atoms. The number of ether oxygens (including phenoxy) is 1. The molecule has 0 aliphatic heterocycles. The standard InChI is InChI=1S/C18H17ClN4O2/c1-2-25-15-6-4-14(5-7-15)22-11-12(10-20)18(24)23-17-8-3-13(21)9-16(17)19/h3-9,11,22H,2,21H2,1H3,(H,23,24)/b12-11-. The zero-order valence-electron chi connectivity index (χ0n) is 13.5. The molecule has 0 fully saturated rings. The van der Waals surface area contributed by atoms with Crippen molar-refractivity contribution in [3.63, 3.8) is 0 Å². The quantitative estimate of drug-likeness (QED) is 0.415. The van der Waals surface area contributed by atoms with E-state index in [0.717, 1.165) is 11.4 Å². The maximum Gasteiger partial charge on any atom is 0.267 e. The Balaban J connectivity index is 2.06. The highest BCUT2D eigenvalue weighted by Gasteiger charge is 2.11. The van der Waals surface area contributed by atoms with Crippen molar-refractivity contribution in [3.8, 4) is 11.8 Å². The average molecular weight is 357 g/mol. The highest BCUT2D eigenvalue weighted by Crippen LogP contribution is 2.24. The van der Waals surface area contributed by atoms with Gasteiger partial charge in [-0.1, -0.05) is 11.6 Å². The maximum absolute atomic E-state index is 12.2. The molecule has 0 unspecified atom stereocenters. The Morgan fingerprint density at radius 1 is 1.32 bits per heavy atom. The first-order valence-electron chi connectivity index (χ1n) is 7.49. The van der Waals surface area contributed by atoms with Gasteiger partial charge in [-0.25, -0.2) is 0 Å². The second-order valence-corrected chi connectivity index (χ2v) is 5.37. The van der Waals surface area contributed by atoms with Crippen molar-refractivity contribution in [2.45, 2.75) is 6.92 Å². The van der Waals surface area contributed by atoms with Crippen LogP contribution < -0.4 is 21.1 Å². The molecule has 0 atom stereocenters. The Morgan fingerprint density at radius 3 is 2.64 bits per heavy atom. The van der Waals surface area contributed by atoms with Gasteiger partial charge in [0, 0.05) is 17.6 Å². The van der Waals surface area contributed by atoms with E-state index in [4.69, 9.17) is 22.1 Å². The van der Waals surface area contributed by atoms with E-state index in [2.05, 4.69) is 10.6 Å². The first-order chi connectivity index (χ1) is 12.0. The summed E-state index contributed by atoms with van der Waals surface area (Å²) >= 11 is 6.01. The first-order valence-corrected chi connectivity index (χ1v) is 7.87. The third-order valence-electron chi connectivity index (χ3n) is 3.15. The second-order valence-electron chi connectivity index (χ2n) is 4.96. The Hall–Kier alpha value is -3.17. The van der Waals surface area contributed by atoms with Crippen LogP contribution >= 0.6 is 11.6 Å². The smallest absolute Gasteiger partial charge is 0.267 e. The number of nitrogens with two attached hydrogens (primary N) is 1. The number of anilines is 3. The molecule has 7 heteroatoms. The predicted octanol–water partition coefficient (Wildman–Crippen LogP) is 3.78. The molecule has 2 rings (SSSR count). The monoisotopic (exact) mass is 356 g/mol. The molecular formula is C18H17ClN4O2. The minimum Gasteiger partial charge on any atom is -0.494 e. The molecule has 0 aromatic heterocycles. The number of nitriles is 1. The third-order valence-corrected chi connectivity index (χ3v) is 3.47. The molecule has 0 saturated heterocycles. The van der Waals surface area contributed by atoms with Crippen LogP contribution in [0, 0.1) is 11.3 Å². The van der Waals surface area contributed by atoms with E-state index in [-0.39, 0.29) is 5.57 Å². The van der Waals surface area contributed by atoms with Gasteiger partial charge in [-0.3, -0.25) is 4.79 Å². The number of carbonyl (C=O) groups is 1. The van der Waals surface area contributed by atoms with Crippen molar-refractivity contribution in [1.29, 1.82) is 5.26 Å². The van der Waals surface area contributed by atoms with Gasteiger partial charge in [0.05, 0.1) is 17.3 Å². The van der Waals surface area contributed by atoms with E-state index in [0.29, 0.717) is 23.0 Å². The zero-order valence-corrected chi connectivity index (χ0v) is 14.3. The Kier molecular flexibility index (Phi) is 6.26. The van der Waals surface area contributed by atoms with Gasteiger partial charge in [-0.2, -0.15) is 5.26 Å². The first kappa shape index (κ1) is 18.2. The van der Waals surface area contributed by atoms with Crippen LogP contribution in [0.5, 0.6) is 5.75 Å². The molecule has 0 bridgehead atoms. The van der Waals surface area contributed by atoms with E-state index in [1.807, 2.05) is 13.0 Å². The van der Waals surface area contributed by atoms with E-state index in [1.165, 1.54) is 12.3 Å². The molecule has 0 radical (unpaired) electrons. The largest absolute Gasteiger partial charge is 0.494 e. The summed E-state index contributed by atoms with van der Waals surface area (Å²) in [5.74, 6) is 0.167. The summed E-state index contributed by atoms with van der Waals surface area (Å²) in [7, 11) is 0. The van der Waals surface area contributed by atoms with Crippen LogP contribution in [0.15, 0.2) is 54.2 Å². The van der Waals surface area contributed by atoms with Crippen LogP contribution in [0.3, 0.4) is 0 Å². The fraction of sp³-hybridized carbons (Fsp3) is 0.111. The lowest BCUT2D eigenvalue weighted by molar-refractivity contribution is -0.112. The number of amides is 1. The number of rotatable bonds is 6. The summed E-state index contributed by atoms with van der Waals surface area (Å²) in [5.41, 5.74) is 7.09. The van der Waals surface area contributed by atoms with Crippen molar-refractivity contribution >= 4 is 34.6 Å². The molecule has 4 N–H and O–H groups in total. The van der Waals surface area contributed by atoms with Crippen molar-refractivity contribution in [1.82, 2.24) is 0 Å². The number of carbonyl (C=O) groups excluding carboxylic acids is 1. The SMILES string of the molecule is CCOc1ccc(N/C=C(/C#N)C(=O)Nc2ccc(N)cc2Cl)cc1. The lowest BCUT2D eigenvalue weighted by atomic mass is 10.2. The predicted molar refractivity (Wildman–Crippen MR) is 99.4 cm³/mol. The molecular weight excluding hydrogens is 340 g/mol. The van der Waals surface area contributed by atoms with Gasteiger partial charge >= 0.3 is 0 Å². The number of nitrogens with one attached hydrogen (secondary N) is 2. The van der Waals surface area contributed by atoms with Gasteiger partial charge < -0.3 is 21.1 Å². The number of hydrogen-bond acceptors (Lipinski definition) is 5. The van der Waals surface area contributed by atoms with Gasteiger partial charge in [-0.05, 0) is 49.4 Å². The molecule has 2 aromatic rings. The molecule has 1 amide bonds. The van der Waals surface area contributed by atoms with Gasteiger partial charge in [0.25, 0.3) is 5.91 Å².